The molecule has 0 aliphatic rings. The number of hydrogen-bond donors (Lipinski definition) is 0. The molecule has 0 amide bonds. The van der Waals surface area contributed by atoms with Gasteiger partial charge in [-0.1, -0.05) is 30.3 Å². The molecule has 27 heavy (non-hydrogen) atoms. The summed E-state index contributed by atoms with van der Waals surface area (Å²) in [6, 6.07) is 18.5. The summed E-state index contributed by atoms with van der Waals surface area (Å²) in [7, 11) is 0. The van der Waals surface area contributed by atoms with Gasteiger partial charge < -0.3 is 9.90 Å². The van der Waals surface area contributed by atoms with Crippen LogP contribution >= 0.6 is 11.3 Å². The number of para-hydroxylation sites is 2. The normalized spacial score (nSPS) is 11.3. The Bertz CT molecular complexity index is 1170. The Labute approximate surface area is 158 Å². The third-order valence-electron chi connectivity index (χ3n) is 4.10. The van der Waals surface area contributed by atoms with Crippen LogP contribution in [0.3, 0.4) is 0 Å². The molecule has 0 N–H and O–H groups in total. The van der Waals surface area contributed by atoms with Gasteiger partial charge in [0.25, 0.3) is 0 Å². The van der Waals surface area contributed by atoms with E-state index in [1.165, 1.54) is 18.2 Å². The smallest absolute Gasteiger partial charge is 0.195 e. The average molecular weight is 373 g/mol. The van der Waals surface area contributed by atoms with Gasteiger partial charge in [0.2, 0.25) is 0 Å². The van der Waals surface area contributed by atoms with E-state index < -0.39 is 5.97 Å². The van der Waals surface area contributed by atoms with Crippen molar-refractivity contribution >= 4 is 40.2 Å². The molecular formula is C21H13N2O3S-. The maximum absolute atomic E-state index is 12.2. The lowest BCUT2D eigenvalue weighted by molar-refractivity contribution is -0.254. The van der Waals surface area contributed by atoms with Crippen molar-refractivity contribution in [3.63, 3.8) is 0 Å². The molecule has 0 unspecified atom stereocenters. The molecule has 2 aromatic heterocycles. The topological polar surface area (TPSA) is 75.0 Å². The van der Waals surface area contributed by atoms with Crippen molar-refractivity contribution in [1.29, 1.82) is 0 Å². The van der Waals surface area contributed by atoms with Crippen molar-refractivity contribution in [3.8, 4) is 5.69 Å². The second-order valence-corrected chi connectivity index (χ2v) is 6.93. The highest BCUT2D eigenvalue weighted by Crippen LogP contribution is 2.20. The van der Waals surface area contributed by atoms with Crippen molar-refractivity contribution in [2.24, 2.45) is 0 Å². The molecule has 6 heteroatoms. The van der Waals surface area contributed by atoms with Gasteiger partial charge in [0.15, 0.2) is 5.78 Å². The number of hydrogen-bond acceptors (Lipinski definition) is 5. The molecule has 4 rings (SSSR count). The summed E-state index contributed by atoms with van der Waals surface area (Å²) >= 11 is 0.913. The van der Waals surface area contributed by atoms with Gasteiger partial charge in [-0.25, -0.2) is 4.98 Å². The summed E-state index contributed by atoms with van der Waals surface area (Å²) in [4.78, 5) is 27.7. The van der Waals surface area contributed by atoms with Gasteiger partial charge >= 0.3 is 0 Å². The van der Waals surface area contributed by atoms with Crippen LogP contribution in [0.5, 0.6) is 0 Å². The number of carboxylic acids is 1. The number of allylic oxidation sites excluding steroid dienone is 1. The number of ketones is 1. The standard InChI is InChI=1S/C21H14N2O3S/c24-18(19-11-12-20(27-19)21(25)26)10-7-14-5-8-15(9-6-14)23-13-22-16-3-1-2-4-17(16)23/h1-13H,(H,25,26)/p-1/b10-7+. The van der Waals surface area contributed by atoms with Crippen LogP contribution in [0.15, 0.2) is 73.1 Å². The second-order valence-electron chi connectivity index (χ2n) is 5.84. The van der Waals surface area contributed by atoms with Crippen molar-refractivity contribution in [1.82, 2.24) is 9.55 Å². The van der Waals surface area contributed by atoms with Crippen LogP contribution in [0.1, 0.15) is 24.9 Å². The quantitative estimate of drug-likeness (QED) is 0.397. The summed E-state index contributed by atoms with van der Waals surface area (Å²) < 4.78 is 2.00. The van der Waals surface area contributed by atoms with Crippen molar-refractivity contribution in [2.75, 3.05) is 0 Å². The predicted octanol–water partition coefficient (Wildman–Crippen LogP) is 3.35. The van der Waals surface area contributed by atoms with Crippen LogP contribution in [-0.4, -0.2) is 21.3 Å². The molecule has 0 aliphatic carbocycles. The Kier molecular flexibility index (Phi) is 4.40. The highest BCUT2D eigenvalue weighted by Gasteiger charge is 2.07. The summed E-state index contributed by atoms with van der Waals surface area (Å²) in [6.07, 6.45) is 4.92. The lowest BCUT2D eigenvalue weighted by Crippen LogP contribution is -2.20. The first-order valence-electron chi connectivity index (χ1n) is 8.18. The molecule has 0 saturated heterocycles. The van der Waals surface area contributed by atoms with Crippen molar-refractivity contribution < 1.29 is 14.7 Å². The molecule has 0 radical (unpaired) electrons. The van der Waals surface area contributed by atoms with Crippen molar-refractivity contribution in [2.45, 2.75) is 0 Å². The molecular weight excluding hydrogens is 360 g/mol. The second kappa shape index (κ2) is 7.01. The third-order valence-corrected chi connectivity index (χ3v) is 5.18. The number of carbonyl (C=O) groups is 2. The van der Waals surface area contributed by atoms with Gasteiger partial charge in [0, 0.05) is 5.69 Å². The van der Waals surface area contributed by atoms with Crippen LogP contribution in [0, 0.1) is 0 Å². The predicted molar refractivity (Wildman–Crippen MR) is 103 cm³/mol. The van der Waals surface area contributed by atoms with E-state index in [-0.39, 0.29) is 10.7 Å². The number of benzene rings is 2. The molecule has 0 fully saturated rings. The van der Waals surface area contributed by atoms with E-state index >= 15 is 0 Å². The first-order chi connectivity index (χ1) is 13.1. The van der Waals surface area contributed by atoms with E-state index in [1.54, 1.807) is 12.4 Å². The molecule has 0 saturated carbocycles. The summed E-state index contributed by atoms with van der Waals surface area (Å²) in [6.45, 7) is 0. The highest BCUT2D eigenvalue weighted by atomic mass is 32.1. The highest BCUT2D eigenvalue weighted by molar-refractivity contribution is 7.16. The van der Waals surface area contributed by atoms with Gasteiger partial charge in [-0.15, -0.1) is 11.3 Å². The molecule has 4 aromatic rings. The van der Waals surface area contributed by atoms with Gasteiger partial charge in [-0.3, -0.25) is 9.36 Å². The first kappa shape index (κ1) is 16.9. The fraction of sp³-hybridized carbons (Fsp3) is 0. The van der Waals surface area contributed by atoms with E-state index in [1.807, 2.05) is 53.1 Å². The zero-order valence-corrected chi connectivity index (χ0v) is 14.8. The average Bonchev–Trinajstić information content (AvgIpc) is 3.34. The molecule has 2 heterocycles. The Morgan fingerprint density at radius 2 is 1.70 bits per heavy atom. The Hall–Kier alpha value is -3.51. The van der Waals surface area contributed by atoms with Crippen LogP contribution in [-0.2, 0) is 0 Å². The van der Waals surface area contributed by atoms with Crippen LogP contribution < -0.4 is 5.11 Å². The van der Waals surface area contributed by atoms with Gasteiger partial charge in [0.1, 0.15) is 6.33 Å². The number of imidazole rings is 1. The molecule has 0 bridgehead atoms. The van der Waals surface area contributed by atoms with Gasteiger partial charge in [0.05, 0.1) is 26.8 Å². The van der Waals surface area contributed by atoms with Crippen LogP contribution in [0.4, 0.5) is 0 Å². The molecule has 2 aromatic carbocycles. The molecule has 132 valence electrons. The molecule has 0 atom stereocenters. The minimum absolute atomic E-state index is 0.0451. The maximum atomic E-state index is 12.2. The number of fused-ring (bicyclic) bond motifs is 1. The number of carbonyl (C=O) groups excluding carboxylic acids is 2. The SMILES string of the molecule is O=C([O-])c1ccc(C(=O)/C=C/c2ccc(-n3cnc4ccccc43)cc2)s1. The zero-order chi connectivity index (χ0) is 18.8. The third kappa shape index (κ3) is 3.43. The molecule has 0 aliphatic heterocycles. The Balaban J connectivity index is 1.53. The summed E-state index contributed by atoms with van der Waals surface area (Å²) in [5, 5.41) is 10.8. The van der Waals surface area contributed by atoms with E-state index in [2.05, 4.69) is 4.98 Å². The van der Waals surface area contributed by atoms with Crippen LogP contribution in [0.25, 0.3) is 22.8 Å². The lowest BCUT2D eigenvalue weighted by atomic mass is 10.1. The summed E-state index contributed by atoms with van der Waals surface area (Å²) in [5.41, 5.74) is 3.80. The van der Waals surface area contributed by atoms with E-state index in [4.69, 9.17) is 0 Å². The lowest BCUT2D eigenvalue weighted by Gasteiger charge is -2.04. The van der Waals surface area contributed by atoms with Gasteiger partial charge in [-0.05, 0) is 48.0 Å². The maximum Gasteiger partial charge on any atom is 0.195 e. The van der Waals surface area contributed by atoms with E-state index in [0.29, 0.717) is 4.88 Å². The number of carboxylic acid groups (broad SMARTS) is 1. The van der Waals surface area contributed by atoms with E-state index in [9.17, 15) is 14.7 Å². The minimum atomic E-state index is -1.27. The molecule has 5 nitrogen and oxygen atoms in total. The fourth-order valence-corrected chi connectivity index (χ4v) is 3.51. The largest absolute Gasteiger partial charge is 0.544 e. The summed E-state index contributed by atoms with van der Waals surface area (Å²) in [5.74, 6) is -1.51. The number of rotatable bonds is 5. The monoisotopic (exact) mass is 373 g/mol. The Morgan fingerprint density at radius 1 is 0.963 bits per heavy atom. The molecule has 0 spiro atoms. The number of aromatic carboxylic acids is 1. The number of thiophene rings is 1. The van der Waals surface area contributed by atoms with Gasteiger partial charge in [-0.2, -0.15) is 0 Å². The van der Waals surface area contributed by atoms with Crippen molar-refractivity contribution in [3.05, 3.63) is 88.4 Å². The van der Waals surface area contributed by atoms with E-state index in [0.717, 1.165) is 33.6 Å². The first-order valence-corrected chi connectivity index (χ1v) is 8.99. The number of aromatic nitrogens is 2. The van der Waals surface area contributed by atoms with Crippen LogP contribution in [0.2, 0.25) is 0 Å². The minimum Gasteiger partial charge on any atom is -0.544 e. The Morgan fingerprint density at radius 3 is 2.44 bits per heavy atom. The zero-order valence-electron chi connectivity index (χ0n) is 14.0. The fourth-order valence-electron chi connectivity index (χ4n) is 2.75. The number of nitrogens with zero attached hydrogens (tertiary/aromatic N) is 2.